The zero-order chi connectivity index (χ0) is 29.2. The number of hydrogen-bond acceptors (Lipinski definition) is 9. The molecule has 4 aromatic rings. The summed E-state index contributed by atoms with van der Waals surface area (Å²) in [6.07, 6.45) is -2.24. The normalized spacial score (nSPS) is 22.3. The van der Waals surface area contributed by atoms with Crippen LogP contribution in [0.2, 0.25) is 0 Å². The smallest absolute Gasteiger partial charge is 0.351 e. The third-order valence-corrected chi connectivity index (χ3v) is 7.59. The van der Waals surface area contributed by atoms with E-state index in [-0.39, 0.29) is 5.82 Å². The molecule has 1 aromatic heterocycles. The molecule has 4 atom stereocenters. The predicted molar refractivity (Wildman–Crippen MR) is 152 cm³/mol. The van der Waals surface area contributed by atoms with Crippen molar-refractivity contribution in [1.29, 1.82) is 0 Å². The van der Waals surface area contributed by atoms with Gasteiger partial charge in [0.15, 0.2) is 6.23 Å². The number of rotatable bonds is 9. The van der Waals surface area contributed by atoms with Crippen molar-refractivity contribution in [2.45, 2.75) is 36.5 Å². The second-order valence-electron chi connectivity index (χ2n) is 10.1. The highest BCUT2D eigenvalue weighted by Crippen LogP contribution is 2.41. The molecule has 214 valence electrons. The van der Waals surface area contributed by atoms with Gasteiger partial charge in [-0.05, 0) is 53.9 Å². The minimum absolute atomic E-state index is 0.263. The highest BCUT2D eigenvalue weighted by Gasteiger charge is 2.53. The average Bonchev–Trinajstić information content (AvgIpc) is 3.24. The Hall–Kier alpha value is -4.22. The van der Waals surface area contributed by atoms with Crippen LogP contribution in [0.4, 0.5) is 5.82 Å². The molecule has 1 fully saturated rings. The maximum atomic E-state index is 13.3. The molecule has 0 radical (unpaired) electrons. The molecular formula is C31H33N3O7. The Balaban J connectivity index is 1.64. The van der Waals surface area contributed by atoms with Crippen LogP contribution in [-0.4, -0.2) is 63.5 Å². The number of aromatic nitrogens is 2. The Morgan fingerprint density at radius 3 is 1.93 bits per heavy atom. The second-order valence-corrected chi connectivity index (χ2v) is 10.1. The molecule has 0 bridgehead atoms. The van der Waals surface area contributed by atoms with Crippen molar-refractivity contribution in [3.63, 3.8) is 0 Å². The number of benzene rings is 3. The van der Waals surface area contributed by atoms with Crippen molar-refractivity contribution < 1.29 is 29.5 Å². The Kier molecular flexibility index (Phi) is 7.83. The van der Waals surface area contributed by atoms with Gasteiger partial charge < -0.3 is 34.8 Å². The molecular weight excluding hydrogens is 526 g/mol. The number of hydrogen-bond donors (Lipinski definition) is 4. The van der Waals surface area contributed by atoms with Gasteiger partial charge in [-0.15, -0.1) is 0 Å². The molecule has 1 aliphatic heterocycles. The molecule has 41 heavy (non-hydrogen) atoms. The van der Waals surface area contributed by atoms with E-state index in [0.717, 1.165) is 21.3 Å². The van der Waals surface area contributed by atoms with Crippen molar-refractivity contribution in [3.8, 4) is 11.5 Å². The monoisotopic (exact) mass is 559 g/mol. The van der Waals surface area contributed by atoms with Crippen molar-refractivity contribution in [2.75, 3.05) is 26.1 Å². The molecule has 0 aliphatic carbocycles. The molecule has 0 saturated carbocycles. The lowest BCUT2D eigenvalue weighted by molar-refractivity contribution is -0.0986. The summed E-state index contributed by atoms with van der Waals surface area (Å²) in [5.74, 6) is 1.65. The molecule has 10 nitrogen and oxygen atoms in total. The van der Waals surface area contributed by atoms with Crippen LogP contribution >= 0.6 is 0 Å². The van der Waals surface area contributed by atoms with Crippen LogP contribution in [0.15, 0.2) is 95.9 Å². The van der Waals surface area contributed by atoms with Gasteiger partial charge in [-0.3, -0.25) is 4.57 Å². The first-order valence-corrected chi connectivity index (χ1v) is 13.1. The largest absolute Gasteiger partial charge is 0.497 e. The van der Waals surface area contributed by atoms with Gasteiger partial charge in [0.25, 0.3) is 0 Å². The third-order valence-electron chi connectivity index (χ3n) is 7.59. The van der Waals surface area contributed by atoms with Crippen molar-refractivity contribution in [2.24, 2.45) is 0 Å². The lowest BCUT2D eigenvalue weighted by atomic mass is 9.77. The van der Waals surface area contributed by atoms with E-state index in [1.54, 1.807) is 20.3 Å². The van der Waals surface area contributed by atoms with Gasteiger partial charge in [-0.1, -0.05) is 54.6 Å². The van der Waals surface area contributed by atoms with Gasteiger partial charge in [-0.2, -0.15) is 4.98 Å². The van der Waals surface area contributed by atoms with Crippen LogP contribution in [0.3, 0.4) is 0 Å². The molecule has 1 aliphatic rings. The molecule has 3 aromatic carbocycles. The predicted octanol–water partition coefficient (Wildman–Crippen LogP) is 2.67. The number of nitrogens with one attached hydrogen (secondary N) is 1. The van der Waals surface area contributed by atoms with E-state index in [0.29, 0.717) is 11.5 Å². The molecule has 0 amide bonds. The Labute approximate surface area is 237 Å². The highest BCUT2D eigenvalue weighted by molar-refractivity contribution is 5.59. The zero-order valence-corrected chi connectivity index (χ0v) is 23.0. The van der Waals surface area contributed by atoms with Gasteiger partial charge >= 0.3 is 5.69 Å². The second kappa shape index (κ2) is 11.3. The zero-order valence-electron chi connectivity index (χ0n) is 23.0. The van der Waals surface area contributed by atoms with Crippen LogP contribution in [-0.2, 0) is 10.3 Å². The third kappa shape index (κ3) is 5.07. The van der Waals surface area contributed by atoms with Gasteiger partial charge in [0.05, 0.1) is 20.8 Å². The topological polar surface area (TPSA) is 135 Å². The number of methoxy groups -OCH3 is 2. The quantitative estimate of drug-likeness (QED) is 0.228. The van der Waals surface area contributed by atoms with E-state index in [2.05, 4.69) is 10.3 Å². The van der Waals surface area contributed by atoms with E-state index in [1.165, 1.54) is 13.1 Å². The summed E-state index contributed by atoms with van der Waals surface area (Å²) >= 11 is 0. The number of aliphatic hydroxyl groups is 3. The van der Waals surface area contributed by atoms with Gasteiger partial charge in [-0.25, -0.2) is 4.79 Å². The van der Waals surface area contributed by atoms with Crippen molar-refractivity contribution in [1.82, 2.24) is 9.55 Å². The molecule has 1 unspecified atom stereocenters. The van der Waals surface area contributed by atoms with E-state index < -0.39 is 41.9 Å². The van der Waals surface area contributed by atoms with E-state index in [4.69, 9.17) is 14.2 Å². The van der Waals surface area contributed by atoms with Crippen LogP contribution < -0.4 is 20.5 Å². The number of nitrogens with zero attached hydrogens (tertiary/aromatic N) is 2. The fraction of sp³-hybridized carbons (Fsp3) is 0.290. The first-order chi connectivity index (χ1) is 19.7. The Morgan fingerprint density at radius 1 is 0.927 bits per heavy atom. The maximum Gasteiger partial charge on any atom is 0.351 e. The van der Waals surface area contributed by atoms with E-state index >= 15 is 0 Å². The first-order valence-electron chi connectivity index (χ1n) is 13.1. The summed E-state index contributed by atoms with van der Waals surface area (Å²) in [6.45, 7) is 0.837. The Bertz CT molecular complexity index is 1470. The highest BCUT2D eigenvalue weighted by atomic mass is 16.6. The molecule has 5 rings (SSSR count). The summed E-state index contributed by atoms with van der Waals surface area (Å²) in [5, 5.41) is 34.3. The average molecular weight is 560 g/mol. The van der Waals surface area contributed by atoms with Gasteiger partial charge in [0.2, 0.25) is 0 Å². The molecule has 10 heteroatoms. The fourth-order valence-corrected chi connectivity index (χ4v) is 5.33. The van der Waals surface area contributed by atoms with Crippen LogP contribution in [0.1, 0.15) is 29.8 Å². The van der Waals surface area contributed by atoms with E-state index in [9.17, 15) is 20.1 Å². The standard InChI is InChI=1S/C31H33N3O7/c1-30(38)27(36)25(19-35)41-28(30)34-18-17-26(32-29(34)37)33-31(20-7-5-4-6-8-20,21-9-13-23(39-2)14-10-21)22-11-15-24(40-3)16-12-22/h4-18,25,27-28,35-36,38H,19H2,1-3H3,(H,32,33,37)/t25-,27+,28-,30?/m1/s1. The van der Waals surface area contributed by atoms with Gasteiger partial charge in [0, 0.05) is 6.20 Å². The Morgan fingerprint density at radius 2 is 1.46 bits per heavy atom. The first kappa shape index (κ1) is 28.3. The summed E-state index contributed by atoms with van der Waals surface area (Å²) in [5.41, 5.74) is -0.935. The summed E-state index contributed by atoms with van der Waals surface area (Å²) in [7, 11) is 3.21. The number of anilines is 1. The maximum absolute atomic E-state index is 13.3. The lowest BCUT2D eigenvalue weighted by Crippen LogP contribution is -2.46. The SMILES string of the molecule is COc1ccc(C(Nc2ccn([C@@H]3O[C@H](CO)[C@H](O)C3(C)O)c(=O)n2)(c2ccccc2)c2ccc(OC)cc2)cc1. The van der Waals surface area contributed by atoms with Crippen molar-refractivity contribution >= 4 is 5.82 Å². The van der Waals surface area contributed by atoms with E-state index in [1.807, 2.05) is 78.9 Å². The lowest BCUT2D eigenvalue weighted by Gasteiger charge is -2.37. The summed E-state index contributed by atoms with van der Waals surface area (Å²) in [6, 6.07) is 26.6. The minimum Gasteiger partial charge on any atom is -0.497 e. The van der Waals surface area contributed by atoms with Crippen LogP contribution in [0, 0.1) is 0 Å². The molecule has 2 heterocycles. The van der Waals surface area contributed by atoms with Crippen molar-refractivity contribution in [3.05, 3.63) is 118 Å². The summed E-state index contributed by atoms with van der Waals surface area (Å²) in [4.78, 5) is 17.6. The van der Waals surface area contributed by atoms with Crippen LogP contribution in [0.25, 0.3) is 0 Å². The molecule has 0 spiro atoms. The number of ether oxygens (including phenoxy) is 3. The molecule has 4 N–H and O–H groups in total. The summed E-state index contributed by atoms with van der Waals surface area (Å²) < 4.78 is 17.5. The fourth-order valence-electron chi connectivity index (χ4n) is 5.33. The van der Waals surface area contributed by atoms with Crippen LogP contribution in [0.5, 0.6) is 11.5 Å². The molecule has 1 saturated heterocycles. The number of aliphatic hydroxyl groups excluding tert-OH is 2. The van der Waals surface area contributed by atoms with Gasteiger partial charge in [0.1, 0.15) is 40.7 Å². The minimum atomic E-state index is -1.83.